The second kappa shape index (κ2) is 6.78. The first-order valence-corrected chi connectivity index (χ1v) is 9.76. The van der Waals surface area contributed by atoms with E-state index in [1.807, 2.05) is 0 Å². The number of fused-ring (bicyclic) bond motifs is 1. The van der Waals surface area contributed by atoms with E-state index in [1.165, 1.54) is 33.0 Å². The first-order valence-electron chi connectivity index (χ1n) is 8.47. The van der Waals surface area contributed by atoms with Crippen molar-refractivity contribution in [2.24, 2.45) is 0 Å². The van der Waals surface area contributed by atoms with Crippen molar-refractivity contribution in [3.63, 3.8) is 0 Å². The van der Waals surface area contributed by atoms with Crippen LogP contribution in [0.1, 0.15) is 30.5 Å². The summed E-state index contributed by atoms with van der Waals surface area (Å²) in [4.78, 5) is 2.13. The molecule has 3 rings (SSSR count). The maximum Gasteiger partial charge on any atom is 0.411 e. The second-order valence-corrected chi connectivity index (χ2v) is 8.65. The van der Waals surface area contributed by atoms with Gasteiger partial charge >= 0.3 is 5.01 Å². The smallest absolute Gasteiger partial charge is 0.378 e. The molecule has 0 radical (unpaired) electrons. The van der Waals surface area contributed by atoms with Gasteiger partial charge in [0.2, 0.25) is 5.69 Å². The Morgan fingerprint density at radius 2 is 1.79 bits per heavy atom. The van der Waals surface area contributed by atoms with E-state index in [1.54, 1.807) is 0 Å². The van der Waals surface area contributed by atoms with Gasteiger partial charge in [-0.1, -0.05) is 25.6 Å². The van der Waals surface area contributed by atoms with Gasteiger partial charge in [0.05, 0.1) is 16.5 Å². The Balaban J connectivity index is 2.29. The molecule has 2 aromatic carbocycles. The molecular formula is C21H26N2S+2. The molecule has 0 aliphatic heterocycles. The van der Waals surface area contributed by atoms with Crippen molar-refractivity contribution >= 4 is 32.4 Å². The van der Waals surface area contributed by atoms with Gasteiger partial charge in [-0.3, -0.25) is 0 Å². The molecule has 2 unspecified atom stereocenters. The zero-order chi connectivity index (χ0) is 17.3. The number of hydrogen-bond donors (Lipinski definition) is 0. The molecular weight excluding hydrogens is 312 g/mol. The van der Waals surface area contributed by atoms with Gasteiger partial charge < -0.3 is 4.90 Å². The summed E-state index contributed by atoms with van der Waals surface area (Å²) < 4.78 is 3.83. The molecule has 1 heterocycles. The molecule has 0 aliphatic carbocycles. The van der Waals surface area contributed by atoms with Gasteiger partial charge in [0.15, 0.2) is 0 Å². The number of thiazole rings is 1. The lowest BCUT2D eigenvalue weighted by atomic mass is 10.2. The summed E-state index contributed by atoms with van der Waals surface area (Å²) in [5.74, 6) is 0. The normalized spacial score (nSPS) is 13.1. The minimum atomic E-state index is 0.0846. The van der Waals surface area contributed by atoms with Crippen molar-refractivity contribution in [3.8, 4) is 5.69 Å². The van der Waals surface area contributed by atoms with Gasteiger partial charge in [0.25, 0.3) is 10.2 Å². The molecule has 2 nitrogen and oxygen atoms in total. The molecule has 0 bridgehead atoms. The molecule has 2 atom stereocenters. The Bertz CT molecular complexity index is 859. The van der Waals surface area contributed by atoms with E-state index in [9.17, 15) is 0 Å². The highest BCUT2D eigenvalue weighted by atomic mass is 32.2. The summed E-state index contributed by atoms with van der Waals surface area (Å²) >= 11 is 0. The van der Waals surface area contributed by atoms with Gasteiger partial charge in [-0.2, -0.15) is 0 Å². The monoisotopic (exact) mass is 338 g/mol. The summed E-state index contributed by atoms with van der Waals surface area (Å²) in [6.07, 6.45) is 3.22. The van der Waals surface area contributed by atoms with Gasteiger partial charge in [0.1, 0.15) is 5.25 Å². The highest BCUT2D eigenvalue weighted by molar-refractivity contribution is 7.38. The van der Waals surface area contributed by atoms with E-state index in [0.717, 1.165) is 0 Å². The molecule has 3 aromatic rings. The van der Waals surface area contributed by atoms with Crippen LogP contribution in [0, 0.1) is 0 Å². The van der Waals surface area contributed by atoms with Crippen molar-refractivity contribution in [3.05, 3.63) is 60.1 Å². The van der Waals surface area contributed by atoms with Gasteiger partial charge in [-0.05, 0) is 25.5 Å². The van der Waals surface area contributed by atoms with Crippen LogP contribution in [0.15, 0.2) is 55.1 Å². The second-order valence-electron chi connectivity index (χ2n) is 6.31. The van der Waals surface area contributed by atoms with E-state index in [2.05, 4.69) is 98.6 Å². The minimum absolute atomic E-state index is 0.0846. The van der Waals surface area contributed by atoms with Crippen molar-refractivity contribution in [1.82, 2.24) is 0 Å². The van der Waals surface area contributed by atoms with E-state index in [0.29, 0.717) is 5.25 Å². The largest absolute Gasteiger partial charge is 0.411 e. The summed E-state index contributed by atoms with van der Waals surface area (Å²) in [6, 6.07) is 17.6. The van der Waals surface area contributed by atoms with Gasteiger partial charge in [0, 0.05) is 44.0 Å². The molecule has 0 saturated carbocycles. The van der Waals surface area contributed by atoms with E-state index in [4.69, 9.17) is 0 Å². The van der Waals surface area contributed by atoms with Gasteiger partial charge in [-0.15, -0.1) is 4.57 Å². The van der Waals surface area contributed by atoms with Crippen LogP contribution >= 0.6 is 10.5 Å². The Labute approximate surface area is 147 Å². The third-order valence-electron chi connectivity index (χ3n) is 4.56. The quantitative estimate of drug-likeness (QED) is 0.437. The summed E-state index contributed by atoms with van der Waals surface area (Å²) in [6.45, 7) is 8.76. The number of rotatable bonds is 5. The number of para-hydroxylation sites is 1. The topological polar surface area (TPSA) is 7.12 Å². The zero-order valence-electron chi connectivity index (χ0n) is 15.0. The first kappa shape index (κ1) is 16.7. The minimum Gasteiger partial charge on any atom is -0.378 e. The molecule has 124 valence electrons. The fourth-order valence-electron chi connectivity index (χ4n) is 3.09. The molecule has 0 saturated heterocycles. The molecule has 0 N–H and O–H groups in total. The van der Waals surface area contributed by atoms with Crippen LogP contribution in [0.5, 0.6) is 0 Å². The SMILES string of the molecule is C=Cc1[n+](-c2ccc(N(C)C)cc2)c2ccccc2[s+]1C(C)CC. The van der Waals surface area contributed by atoms with Crippen molar-refractivity contribution in [1.29, 1.82) is 0 Å². The lowest BCUT2D eigenvalue weighted by Crippen LogP contribution is -2.32. The van der Waals surface area contributed by atoms with Crippen LogP contribution in [-0.4, -0.2) is 14.1 Å². The number of aromatic nitrogens is 1. The third kappa shape index (κ3) is 2.73. The van der Waals surface area contributed by atoms with Crippen molar-refractivity contribution in [2.45, 2.75) is 25.5 Å². The summed E-state index contributed by atoms with van der Waals surface area (Å²) in [5, 5.41) is 1.94. The van der Waals surface area contributed by atoms with Crippen LogP contribution in [0.2, 0.25) is 0 Å². The lowest BCUT2D eigenvalue weighted by Gasteiger charge is -2.11. The predicted octanol–water partition coefficient (Wildman–Crippen LogP) is 5.55. The fourth-order valence-corrected chi connectivity index (χ4v) is 5.69. The molecule has 0 amide bonds. The Kier molecular flexibility index (Phi) is 4.72. The number of hydrogen-bond acceptors (Lipinski definition) is 1. The molecule has 0 fully saturated rings. The Morgan fingerprint density at radius 1 is 1.12 bits per heavy atom. The first-order chi connectivity index (χ1) is 11.6. The Hall–Kier alpha value is -2.13. The van der Waals surface area contributed by atoms with Gasteiger partial charge in [-0.25, -0.2) is 0 Å². The van der Waals surface area contributed by atoms with Crippen LogP contribution in [-0.2, 0) is 0 Å². The van der Waals surface area contributed by atoms with Crippen LogP contribution < -0.4 is 9.47 Å². The highest BCUT2D eigenvalue weighted by Crippen LogP contribution is 2.43. The van der Waals surface area contributed by atoms with Crippen LogP contribution in [0.4, 0.5) is 5.69 Å². The van der Waals surface area contributed by atoms with E-state index >= 15 is 0 Å². The molecule has 24 heavy (non-hydrogen) atoms. The lowest BCUT2D eigenvalue weighted by molar-refractivity contribution is -0.564. The van der Waals surface area contributed by atoms with Crippen molar-refractivity contribution in [2.75, 3.05) is 19.0 Å². The number of anilines is 1. The standard InChI is InChI=1S/C21H26N2S/c1-6-16(3)24-20-11-9-8-10-19(20)23(21(24)7-2)18-14-12-17(13-15-18)22(4)5/h7-16H,2,6H2,1,3-5H3/q+2. The Morgan fingerprint density at radius 3 is 2.38 bits per heavy atom. The maximum atomic E-state index is 4.13. The number of nitrogens with zero attached hydrogens (tertiary/aromatic N) is 2. The average Bonchev–Trinajstić information content (AvgIpc) is 2.95. The van der Waals surface area contributed by atoms with Crippen LogP contribution in [0.25, 0.3) is 22.0 Å². The molecule has 0 aliphatic rings. The molecule has 3 heteroatoms. The third-order valence-corrected chi connectivity index (χ3v) is 7.32. The summed E-state index contributed by atoms with van der Waals surface area (Å²) in [7, 11) is 4.23. The molecule has 0 spiro atoms. The summed E-state index contributed by atoms with van der Waals surface area (Å²) in [5.41, 5.74) is 3.72. The fraction of sp³-hybridized carbons (Fsp3) is 0.286. The predicted molar refractivity (Wildman–Crippen MR) is 107 cm³/mol. The van der Waals surface area contributed by atoms with E-state index < -0.39 is 0 Å². The zero-order valence-corrected chi connectivity index (χ0v) is 15.8. The average molecular weight is 339 g/mol. The maximum absolute atomic E-state index is 4.13. The molecule has 1 aromatic heterocycles. The van der Waals surface area contributed by atoms with Crippen LogP contribution in [0.3, 0.4) is 0 Å². The van der Waals surface area contributed by atoms with E-state index in [-0.39, 0.29) is 10.5 Å². The van der Waals surface area contributed by atoms with Crippen molar-refractivity contribution < 1.29 is 4.57 Å². The highest BCUT2D eigenvalue weighted by Gasteiger charge is 2.37. The number of benzene rings is 2.